The standard InChI is InChI=1S/C16H27N3O2/c1-5-19(8-9-20)15(11(2)3)16(21)18-13-7-6-12(4)14(17)10-13/h6-7,10-11,15,20H,5,8-9,17H2,1-4H3,(H,18,21). The number of nitrogen functional groups attached to an aromatic ring is 1. The van der Waals surface area contributed by atoms with Crippen LogP contribution in [0, 0.1) is 12.8 Å². The summed E-state index contributed by atoms with van der Waals surface area (Å²) in [7, 11) is 0. The van der Waals surface area contributed by atoms with Gasteiger partial charge in [-0.3, -0.25) is 9.69 Å². The maximum Gasteiger partial charge on any atom is 0.241 e. The van der Waals surface area contributed by atoms with E-state index in [-0.39, 0.29) is 24.5 Å². The zero-order chi connectivity index (χ0) is 16.0. The molecule has 118 valence electrons. The van der Waals surface area contributed by atoms with Crippen molar-refractivity contribution in [3.05, 3.63) is 23.8 Å². The minimum Gasteiger partial charge on any atom is -0.398 e. The van der Waals surface area contributed by atoms with Crippen LogP contribution < -0.4 is 11.1 Å². The Morgan fingerprint density at radius 2 is 2.10 bits per heavy atom. The minimum absolute atomic E-state index is 0.0435. The zero-order valence-electron chi connectivity index (χ0n) is 13.4. The number of carbonyl (C=O) groups excluding carboxylic acids is 1. The molecule has 0 spiro atoms. The van der Waals surface area contributed by atoms with Crippen LogP contribution >= 0.6 is 0 Å². The monoisotopic (exact) mass is 293 g/mol. The molecule has 0 aromatic heterocycles. The molecule has 1 amide bonds. The molecular weight excluding hydrogens is 266 g/mol. The van der Waals surface area contributed by atoms with Gasteiger partial charge in [-0.2, -0.15) is 0 Å². The first kappa shape index (κ1) is 17.5. The van der Waals surface area contributed by atoms with E-state index in [1.54, 1.807) is 6.07 Å². The van der Waals surface area contributed by atoms with Gasteiger partial charge in [-0.25, -0.2) is 0 Å². The van der Waals surface area contributed by atoms with E-state index >= 15 is 0 Å². The van der Waals surface area contributed by atoms with Gasteiger partial charge in [-0.15, -0.1) is 0 Å². The normalized spacial score (nSPS) is 12.7. The molecule has 0 radical (unpaired) electrons. The topological polar surface area (TPSA) is 78.6 Å². The first-order valence-corrected chi connectivity index (χ1v) is 7.42. The Hall–Kier alpha value is -1.59. The number of rotatable bonds is 7. The van der Waals surface area contributed by atoms with Gasteiger partial charge in [0.2, 0.25) is 5.91 Å². The summed E-state index contributed by atoms with van der Waals surface area (Å²) in [6, 6.07) is 5.24. The van der Waals surface area contributed by atoms with Crippen LogP contribution in [0.4, 0.5) is 11.4 Å². The molecule has 1 atom stereocenters. The summed E-state index contributed by atoms with van der Waals surface area (Å²) in [6.07, 6.45) is 0. The fourth-order valence-electron chi connectivity index (χ4n) is 2.45. The van der Waals surface area contributed by atoms with Crippen molar-refractivity contribution in [2.75, 3.05) is 30.7 Å². The van der Waals surface area contributed by atoms with E-state index in [1.165, 1.54) is 0 Å². The highest BCUT2D eigenvalue weighted by molar-refractivity contribution is 5.95. The fraction of sp³-hybridized carbons (Fsp3) is 0.562. The maximum atomic E-state index is 12.6. The zero-order valence-corrected chi connectivity index (χ0v) is 13.4. The summed E-state index contributed by atoms with van der Waals surface area (Å²) in [5.41, 5.74) is 8.23. The number of aliphatic hydroxyl groups is 1. The van der Waals surface area contributed by atoms with Crippen LogP contribution in [0.15, 0.2) is 18.2 Å². The van der Waals surface area contributed by atoms with Gasteiger partial charge in [0.15, 0.2) is 0 Å². The molecule has 0 saturated carbocycles. The molecule has 0 aliphatic heterocycles. The highest BCUT2D eigenvalue weighted by Gasteiger charge is 2.27. The van der Waals surface area contributed by atoms with Crippen molar-refractivity contribution in [3.63, 3.8) is 0 Å². The molecule has 4 N–H and O–H groups in total. The van der Waals surface area contributed by atoms with E-state index in [2.05, 4.69) is 5.32 Å². The number of likely N-dealkylation sites (N-methyl/N-ethyl adjacent to an activating group) is 1. The summed E-state index contributed by atoms with van der Waals surface area (Å²) < 4.78 is 0. The van der Waals surface area contributed by atoms with Crippen LogP contribution in [0.2, 0.25) is 0 Å². The van der Waals surface area contributed by atoms with Gasteiger partial charge in [-0.1, -0.05) is 26.8 Å². The molecule has 1 unspecified atom stereocenters. The van der Waals surface area contributed by atoms with Crippen molar-refractivity contribution >= 4 is 17.3 Å². The van der Waals surface area contributed by atoms with E-state index in [4.69, 9.17) is 10.8 Å². The van der Waals surface area contributed by atoms with Crippen LogP contribution in [0.5, 0.6) is 0 Å². The Morgan fingerprint density at radius 1 is 1.43 bits per heavy atom. The van der Waals surface area contributed by atoms with Gasteiger partial charge in [0.25, 0.3) is 0 Å². The van der Waals surface area contributed by atoms with Gasteiger partial charge in [0, 0.05) is 17.9 Å². The molecule has 5 heteroatoms. The summed E-state index contributed by atoms with van der Waals surface area (Å²) in [5, 5.41) is 12.1. The number of hydrogen-bond acceptors (Lipinski definition) is 4. The third kappa shape index (κ3) is 4.72. The first-order chi connectivity index (χ1) is 9.90. The number of benzene rings is 1. The quantitative estimate of drug-likeness (QED) is 0.670. The number of carbonyl (C=O) groups is 1. The van der Waals surface area contributed by atoms with Crippen LogP contribution in [0.1, 0.15) is 26.3 Å². The first-order valence-electron chi connectivity index (χ1n) is 7.42. The molecule has 0 bridgehead atoms. The summed E-state index contributed by atoms with van der Waals surface area (Å²) in [6.45, 7) is 9.18. The van der Waals surface area contributed by atoms with E-state index < -0.39 is 0 Å². The second-order valence-electron chi connectivity index (χ2n) is 5.60. The van der Waals surface area contributed by atoms with Crippen LogP contribution in [0.25, 0.3) is 0 Å². The number of nitrogens with one attached hydrogen (secondary N) is 1. The van der Waals surface area contributed by atoms with Gasteiger partial charge >= 0.3 is 0 Å². The van der Waals surface area contributed by atoms with Crippen molar-refractivity contribution in [3.8, 4) is 0 Å². The number of nitrogens with two attached hydrogens (primary N) is 1. The van der Waals surface area contributed by atoms with Crippen LogP contribution in [0.3, 0.4) is 0 Å². The average Bonchev–Trinajstić information content (AvgIpc) is 2.42. The van der Waals surface area contributed by atoms with Crippen LogP contribution in [-0.2, 0) is 4.79 Å². The second-order valence-corrected chi connectivity index (χ2v) is 5.60. The SMILES string of the molecule is CCN(CCO)C(C(=O)Nc1ccc(C)c(N)c1)C(C)C. The number of nitrogens with zero attached hydrogens (tertiary/aromatic N) is 1. The van der Waals surface area contributed by atoms with Crippen molar-refractivity contribution < 1.29 is 9.90 Å². The highest BCUT2D eigenvalue weighted by Crippen LogP contribution is 2.19. The molecule has 1 aromatic rings. The molecule has 0 saturated heterocycles. The number of aryl methyl sites for hydroxylation is 1. The molecule has 5 nitrogen and oxygen atoms in total. The molecule has 0 fully saturated rings. The summed E-state index contributed by atoms with van der Waals surface area (Å²) in [4.78, 5) is 14.5. The lowest BCUT2D eigenvalue weighted by atomic mass is 10.0. The van der Waals surface area contributed by atoms with Gasteiger partial charge in [-0.05, 0) is 37.1 Å². The molecule has 0 heterocycles. The summed E-state index contributed by atoms with van der Waals surface area (Å²) in [5.74, 6) is 0.0860. The molecule has 0 aliphatic rings. The van der Waals surface area contributed by atoms with Gasteiger partial charge < -0.3 is 16.2 Å². The fourth-order valence-corrected chi connectivity index (χ4v) is 2.45. The molecule has 1 rings (SSSR count). The van der Waals surface area contributed by atoms with Gasteiger partial charge in [0.05, 0.1) is 12.6 Å². The minimum atomic E-state index is -0.273. The lowest BCUT2D eigenvalue weighted by molar-refractivity contribution is -0.122. The average molecular weight is 293 g/mol. The Bertz CT molecular complexity index is 475. The molecule has 1 aromatic carbocycles. The largest absolute Gasteiger partial charge is 0.398 e. The number of aliphatic hydroxyl groups excluding tert-OH is 1. The number of hydrogen-bond donors (Lipinski definition) is 3. The third-order valence-corrected chi connectivity index (χ3v) is 3.63. The Balaban J connectivity index is 2.88. The number of anilines is 2. The predicted molar refractivity (Wildman–Crippen MR) is 87.2 cm³/mol. The Kier molecular flexibility index (Phi) is 6.65. The van der Waals surface area contributed by atoms with Gasteiger partial charge in [0.1, 0.15) is 0 Å². The smallest absolute Gasteiger partial charge is 0.241 e. The molecular formula is C16H27N3O2. The van der Waals surface area contributed by atoms with Crippen molar-refractivity contribution in [2.24, 2.45) is 5.92 Å². The lowest BCUT2D eigenvalue weighted by Crippen LogP contribution is -2.48. The van der Waals surface area contributed by atoms with E-state index in [9.17, 15) is 4.79 Å². The Labute approximate surface area is 127 Å². The lowest BCUT2D eigenvalue weighted by Gasteiger charge is -2.32. The van der Waals surface area contributed by atoms with Crippen LogP contribution in [-0.4, -0.2) is 41.7 Å². The van der Waals surface area contributed by atoms with E-state index in [0.29, 0.717) is 24.5 Å². The third-order valence-electron chi connectivity index (χ3n) is 3.63. The van der Waals surface area contributed by atoms with Crippen molar-refractivity contribution in [2.45, 2.75) is 33.7 Å². The highest BCUT2D eigenvalue weighted by atomic mass is 16.3. The van der Waals surface area contributed by atoms with Crippen molar-refractivity contribution in [1.82, 2.24) is 4.90 Å². The predicted octanol–water partition coefficient (Wildman–Crippen LogP) is 1.85. The molecule has 0 aliphatic carbocycles. The van der Waals surface area contributed by atoms with E-state index in [1.807, 2.05) is 44.7 Å². The number of amides is 1. The second kappa shape index (κ2) is 8.00. The molecule has 21 heavy (non-hydrogen) atoms. The summed E-state index contributed by atoms with van der Waals surface area (Å²) >= 11 is 0. The van der Waals surface area contributed by atoms with E-state index in [0.717, 1.165) is 5.56 Å². The Morgan fingerprint density at radius 3 is 2.57 bits per heavy atom. The maximum absolute atomic E-state index is 12.6. The van der Waals surface area contributed by atoms with Crippen molar-refractivity contribution in [1.29, 1.82) is 0 Å².